The van der Waals surface area contributed by atoms with Crippen molar-refractivity contribution >= 4 is 21.7 Å². The zero-order valence-corrected chi connectivity index (χ0v) is 12.1. The molecule has 19 heavy (non-hydrogen) atoms. The lowest BCUT2D eigenvalue weighted by Gasteiger charge is -2.15. The van der Waals surface area contributed by atoms with Gasteiger partial charge in [-0.1, -0.05) is 24.3 Å². The van der Waals surface area contributed by atoms with Crippen LogP contribution in [0.3, 0.4) is 0 Å². The molecule has 0 aliphatic rings. The molecule has 0 amide bonds. The summed E-state index contributed by atoms with van der Waals surface area (Å²) in [4.78, 5) is 18.1. The van der Waals surface area contributed by atoms with E-state index < -0.39 is 0 Å². The van der Waals surface area contributed by atoms with Gasteiger partial charge in [0.25, 0.3) is 5.56 Å². The van der Waals surface area contributed by atoms with E-state index in [-0.39, 0.29) is 11.6 Å². The molecule has 100 valence electrons. The number of H-pyrrole nitrogens is 1. The summed E-state index contributed by atoms with van der Waals surface area (Å²) in [5.41, 5.74) is 7.55. The molecule has 0 spiro atoms. The molecule has 2 rings (SSSR count). The van der Waals surface area contributed by atoms with Crippen LogP contribution in [0.2, 0.25) is 0 Å². The van der Waals surface area contributed by atoms with Crippen molar-refractivity contribution in [3.8, 4) is 0 Å². The van der Waals surface area contributed by atoms with Crippen molar-refractivity contribution in [2.45, 2.75) is 19.5 Å². The van der Waals surface area contributed by atoms with Gasteiger partial charge in [-0.3, -0.25) is 4.79 Å². The number of rotatable bonds is 4. The summed E-state index contributed by atoms with van der Waals surface area (Å²) in [6.45, 7) is 2.54. The van der Waals surface area contributed by atoms with E-state index in [1.807, 2.05) is 31.2 Å². The van der Waals surface area contributed by atoms with Crippen LogP contribution in [-0.2, 0) is 6.54 Å². The minimum atomic E-state index is -0.205. The highest BCUT2D eigenvalue weighted by Crippen LogP contribution is 2.21. The Hall–Kier alpha value is -1.66. The van der Waals surface area contributed by atoms with Gasteiger partial charge in [0.15, 0.2) is 0 Å². The summed E-state index contributed by atoms with van der Waals surface area (Å²) in [5.74, 6) is 0.527. The van der Waals surface area contributed by atoms with Crippen LogP contribution in [0.4, 0.5) is 5.82 Å². The molecule has 0 bridgehead atoms. The molecule has 0 aliphatic heterocycles. The van der Waals surface area contributed by atoms with Gasteiger partial charge in [-0.2, -0.15) is 0 Å². The van der Waals surface area contributed by atoms with Crippen LogP contribution in [-0.4, -0.2) is 9.97 Å². The molecule has 2 aromatic rings. The summed E-state index contributed by atoms with van der Waals surface area (Å²) >= 11 is 3.22. The minimum Gasteiger partial charge on any atom is -0.362 e. The fourth-order valence-corrected chi connectivity index (χ4v) is 2.05. The highest BCUT2D eigenvalue weighted by molar-refractivity contribution is 9.10. The Morgan fingerprint density at radius 2 is 2.11 bits per heavy atom. The quantitative estimate of drug-likeness (QED) is 0.805. The maximum Gasteiger partial charge on any atom is 0.267 e. The van der Waals surface area contributed by atoms with Crippen LogP contribution in [0.5, 0.6) is 0 Å². The van der Waals surface area contributed by atoms with Gasteiger partial charge in [0.2, 0.25) is 0 Å². The molecule has 1 aromatic carbocycles. The van der Waals surface area contributed by atoms with Crippen LogP contribution in [0.1, 0.15) is 24.1 Å². The van der Waals surface area contributed by atoms with E-state index in [9.17, 15) is 4.79 Å². The van der Waals surface area contributed by atoms with Crippen molar-refractivity contribution < 1.29 is 0 Å². The lowest BCUT2D eigenvalue weighted by Crippen LogP contribution is -2.14. The van der Waals surface area contributed by atoms with Gasteiger partial charge < -0.3 is 16.0 Å². The predicted octanol–water partition coefficient (Wildman–Crippen LogP) is 2.16. The number of nitrogens with zero attached hydrogens (tertiary/aromatic N) is 1. The number of benzene rings is 1. The zero-order chi connectivity index (χ0) is 13.8. The topological polar surface area (TPSA) is 83.8 Å². The molecule has 5 nitrogen and oxygen atoms in total. The van der Waals surface area contributed by atoms with Crippen molar-refractivity contribution in [1.29, 1.82) is 0 Å². The smallest absolute Gasteiger partial charge is 0.267 e. The van der Waals surface area contributed by atoms with Gasteiger partial charge in [0.05, 0.1) is 6.33 Å². The van der Waals surface area contributed by atoms with E-state index in [1.54, 1.807) is 0 Å². The molecule has 1 aromatic heterocycles. The third kappa shape index (κ3) is 3.21. The average molecular weight is 323 g/mol. The molecule has 0 aliphatic carbocycles. The van der Waals surface area contributed by atoms with Crippen molar-refractivity contribution in [3.05, 3.63) is 56.5 Å². The monoisotopic (exact) mass is 322 g/mol. The number of aromatic nitrogens is 2. The van der Waals surface area contributed by atoms with E-state index >= 15 is 0 Å². The van der Waals surface area contributed by atoms with Gasteiger partial charge in [-0.25, -0.2) is 4.98 Å². The number of anilines is 1. The molecule has 4 N–H and O–H groups in total. The first kappa shape index (κ1) is 13.8. The number of hydrogen-bond donors (Lipinski definition) is 3. The molecule has 0 radical (unpaired) electrons. The first-order valence-corrected chi connectivity index (χ1v) is 6.69. The van der Waals surface area contributed by atoms with Crippen LogP contribution >= 0.6 is 15.9 Å². The van der Waals surface area contributed by atoms with E-state index in [1.165, 1.54) is 6.33 Å². The van der Waals surface area contributed by atoms with E-state index in [0.717, 1.165) is 11.1 Å². The average Bonchev–Trinajstić information content (AvgIpc) is 2.44. The Morgan fingerprint density at radius 1 is 1.42 bits per heavy atom. The Kier molecular flexibility index (Phi) is 4.34. The van der Waals surface area contributed by atoms with E-state index in [2.05, 4.69) is 31.2 Å². The SMILES string of the molecule is CC(Nc1nc[nH]c(=O)c1Br)c1ccc(CN)cc1. The third-order valence-electron chi connectivity index (χ3n) is 2.87. The van der Waals surface area contributed by atoms with Gasteiger partial charge >= 0.3 is 0 Å². The molecule has 6 heteroatoms. The highest BCUT2D eigenvalue weighted by atomic mass is 79.9. The van der Waals surface area contributed by atoms with Crippen molar-refractivity contribution in [2.24, 2.45) is 5.73 Å². The lowest BCUT2D eigenvalue weighted by atomic mass is 10.1. The maximum atomic E-state index is 11.4. The first-order chi connectivity index (χ1) is 9.11. The second kappa shape index (κ2) is 5.99. The maximum absolute atomic E-state index is 11.4. The summed E-state index contributed by atoms with van der Waals surface area (Å²) in [6.07, 6.45) is 1.37. The van der Waals surface area contributed by atoms with Crippen molar-refractivity contribution in [1.82, 2.24) is 9.97 Å². The summed E-state index contributed by atoms with van der Waals surface area (Å²) in [7, 11) is 0. The molecule has 1 atom stereocenters. The summed E-state index contributed by atoms with van der Waals surface area (Å²) in [5, 5.41) is 3.20. The number of halogens is 1. The molecule has 0 saturated carbocycles. The number of hydrogen-bond acceptors (Lipinski definition) is 4. The molecular weight excluding hydrogens is 308 g/mol. The van der Waals surface area contributed by atoms with Crippen molar-refractivity contribution in [2.75, 3.05) is 5.32 Å². The minimum absolute atomic E-state index is 0.0393. The fraction of sp³-hybridized carbons (Fsp3) is 0.231. The van der Waals surface area contributed by atoms with Crippen LogP contribution in [0.15, 0.2) is 39.9 Å². The highest BCUT2D eigenvalue weighted by Gasteiger charge is 2.10. The molecule has 0 fully saturated rings. The zero-order valence-electron chi connectivity index (χ0n) is 10.5. The Labute approximate surface area is 119 Å². The van der Waals surface area contributed by atoms with Gasteiger partial charge in [0, 0.05) is 12.6 Å². The van der Waals surface area contributed by atoms with Gasteiger partial charge in [0.1, 0.15) is 10.3 Å². The number of nitrogens with one attached hydrogen (secondary N) is 2. The largest absolute Gasteiger partial charge is 0.362 e. The van der Waals surface area contributed by atoms with Crippen molar-refractivity contribution in [3.63, 3.8) is 0 Å². The third-order valence-corrected chi connectivity index (χ3v) is 3.60. The fourth-order valence-electron chi connectivity index (χ4n) is 1.71. The second-order valence-electron chi connectivity index (χ2n) is 4.21. The lowest BCUT2D eigenvalue weighted by molar-refractivity contribution is 0.865. The molecule has 1 unspecified atom stereocenters. The Balaban J connectivity index is 2.18. The van der Waals surface area contributed by atoms with Crippen LogP contribution in [0.25, 0.3) is 0 Å². The second-order valence-corrected chi connectivity index (χ2v) is 5.00. The number of nitrogens with two attached hydrogens (primary N) is 1. The predicted molar refractivity (Wildman–Crippen MR) is 78.9 cm³/mol. The molecule has 0 saturated heterocycles. The van der Waals surface area contributed by atoms with E-state index in [0.29, 0.717) is 16.8 Å². The van der Waals surface area contributed by atoms with E-state index in [4.69, 9.17) is 5.73 Å². The normalized spacial score (nSPS) is 12.2. The van der Waals surface area contributed by atoms with Gasteiger partial charge in [-0.05, 0) is 34.0 Å². The standard InChI is InChI=1S/C13H15BrN4O/c1-8(10-4-2-9(6-15)3-5-10)18-12-11(14)13(19)17-7-16-12/h2-5,7-8H,6,15H2,1H3,(H2,16,17,18,19). The Morgan fingerprint density at radius 3 is 2.74 bits per heavy atom. The molecule has 1 heterocycles. The summed E-state index contributed by atoms with van der Waals surface area (Å²) in [6, 6.07) is 8.06. The molecular formula is C13H15BrN4O. The van der Waals surface area contributed by atoms with Crippen LogP contribution in [0, 0.1) is 0 Å². The van der Waals surface area contributed by atoms with Gasteiger partial charge in [-0.15, -0.1) is 0 Å². The number of aromatic amines is 1. The summed E-state index contributed by atoms with van der Waals surface area (Å²) < 4.78 is 0.403. The first-order valence-electron chi connectivity index (χ1n) is 5.90. The van der Waals surface area contributed by atoms with Crippen LogP contribution < -0.4 is 16.6 Å². The Bertz CT molecular complexity index is 609.